The van der Waals surface area contributed by atoms with Crippen LogP contribution in [0.1, 0.15) is 31.2 Å². The lowest BCUT2D eigenvalue weighted by Crippen LogP contribution is -2.14. The highest BCUT2D eigenvalue weighted by Crippen LogP contribution is 2.24. The summed E-state index contributed by atoms with van der Waals surface area (Å²) in [7, 11) is 1.62. The van der Waals surface area contributed by atoms with E-state index in [-0.39, 0.29) is 0 Å². The molecule has 0 unspecified atom stereocenters. The number of nitrogens with one attached hydrogen (secondary N) is 1. The maximum Gasteiger partial charge on any atom is 0.137 e. The Morgan fingerprint density at radius 1 is 1.22 bits per heavy atom. The van der Waals surface area contributed by atoms with Crippen molar-refractivity contribution in [1.82, 2.24) is 5.32 Å². The molecule has 0 aliphatic rings. The second kappa shape index (κ2) is 9.20. The molecule has 1 rings (SSSR count). The summed E-state index contributed by atoms with van der Waals surface area (Å²) in [4.78, 5) is 0. The number of methoxy groups -OCH3 is 1. The number of aliphatic hydroxyl groups excluding tert-OH is 1. The number of aliphatic hydroxyl groups is 1. The van der Waals surface area contributed by atoms with Crippen LogP contribution < -0.4 is 10.1 Å². The Morgan fingerprint density at radius 2 is 2.00 bits per heavy atom. The van der Waals surface area contributed by atoms with E-state index in [1.807, 2.05) is 18.2 Å². The minimum atomic E-state index is 0.303. The van der Waals surface area contributed by atoms with Crippen LogP contribution in [-0.2, 0) is 6.54 Å². The fourth-order valence-electron chi connectivity index (χ4n) is 1.77. The molecular formula is C14H22ClNO2. The zero-order valence-corrected chi connectivity index (χ0v) is 11.7. The molecule has 0 aliphatic carbocycles. The number of halogens is 1. The molecule has 0 fully saturated rings. The monoisotopic (exact) mass is 271 g/mol. The average Bonchev–Trinajstić information content (AvgIpc) is 2.38. The van der Waals surface area contributed by atoms with Crippen molar-refractivity contribution in [3.05, 3.63) is 28.8 Å². The van der Waals surface area contributed by atoms with Gasteiger partial charge < -0.3 is 15.2 Å². The highest BCUT2D eigenvalue weighted by atomic mass is 35.5. The van der Waals surface area contributed by atoms with Crippen LogP contribution >= 0.6 is 11.6 Å². The maximum absolute atomic E-state index is 8.65. The second-order valence-electron chi connectivity index (χ2n) is 4.28. The lowest BCUT2D eigenvalue weighted by atomic mass is 10.2. The van der Waals surface area contributed by atoms with E-state index < -0.39 is 0 Å². The zero-order valence-electron chi connectivity index (χ0n) is 10.9. The predicted octanol–water partition coefficient (Wildman–Crippen LogP) is 2.99. The zero-order chi connectivity index (χ0) is 13.2. The van der Waals surface area contributed by atoms with Gasteiger partial charge in [-0.1, -0.05) is 30.5 Å². The van der Waals surface area contributed by atoms with E-state index in [2.05, 4.69) is 5.32 Å². The summed E-state index contributed by atoms with van der Waals surface area (Å²) in [6.07, 6.45) is 4.32. The van der Waals surface area contributed by atoms with Gasteiger partial charge in [-0.05, 0) is 37.1 Å². The Balaban J connectivity index is 2.17. The topological polar surface area (TPSA) is 41.5 Å². The van der Waals surface area contributed by atoms with E-state index in [9.17, 15) is 0 Å². The van der Waals surface area contributed by atoms with Crippen LogP contribution in [0.5, 0.6) is 5.75 Å². The van der Waals surface area contributed by atoms with Gasteiger partial charge in [0.05, 0.1) is 12.1 Å². The SMILES string of the molecule is COc1ccc(CNCCCCCCO)cc1Cl. The molecule has 0 saturated carbocycles. The average molecular weight is 272 g/mol. The van der Waals surface area contributed by atoms with Crippen molar-refractivity contribution < 1.29 is 9.84 Å². The van der Waals surface area contributed by atoms with Gasteiger partial charge in [0.2, 0.25) is 0 Å². The Kier molecular flexibility index (Phi) is 7.81. The van der Waals surface area contributed by atoms with Gasteiger partial charge in [-0.25, -0.2) is 0 Å². The quantitative estimate of drug-likeness (QED) is 0.679. The van der Waals surface area contributed by atoms with Crippen LogP contribution in [0.2, 0.25) is 5.02 Å². The maximum atomic E-state index is 8.65. The summed E-state index contributed by atoms with van der Waals surface area (Å²) >= 11 is 6.05. The van der Waals surface area contributed by atoms with E-state index in [4.69, 9.17) is 21.4 Å². The number of benzene rings is 1. The molecule has 0 amide bonds. The molecule has 0 radical (unpaired) electrons. The van der Waals surface area contributed by atoms with Crippen LogP contribution in [0.4, 0.5) is 0 Å². The minimum absolute atomic E-state index is 0.303. The van der Waals surface area contributed by atoms with E-state index in [0.717, 1.165) is 44.3 Å². The summed E-state index contributed by atoms with van der Waals surface area (Å²) in [6, 6.07) is 5.84. The third-order valence-corrected chi connectivity index (χ3v) is 3.10. The van der Waals surface area contributed by atoms with Crippen LogP contribution in [0, 0.1) is 0 Å². The van der Waals surface area contributed by atoms with Gasteiger partial charge >= 0.3 is 0 Å². The van der Waals surface area contributed by atoms with Crippen LogP contribution in [0.15, 0.2) is 18.2 Å². The summed E-state index contributed by atoms with van der Waals surface area (Å²) in [6.45, 7) is 2.12. The van der Waals surface area contributed by atoms with Crippen molar-refractivity contribution >= 4 is 11.6 Å². The highest BCUT2D eigenvalue weighted by molar-refractivity contribution is 6.32. The molecule has 102 valence electrons. The third-order valence-electron chi connectivity index (χ3n) is 2.81. The minimum Gasteiger partial charge on any atom is -0.495 e. The van der Waals surface area contributed by atoms with E-state index >= 15 is 0 Å². The Morgan fingerprint density at radius 3 is 2.67 bits per heavy atom. The van der Waals surface area contributed by atoms with Crippen molar-refractivity contribution in [3.8, 4) is 5.75 Å². The highest BCUT2D eigenvalue weighted by Gasteiger charge is 2.01. The largest absolute Gasteiger partial charge is 0.495 e. The lowest BCUT2D eigenvalue weighted by molar-refractivity contribution is 0.282. The standard InChI is InChI=1S/C14H22ClNO2/c1-18-14-7-6-12(10-13(14)15)11-16-8-4-2-3-5-9-17/h6-7,10,16-17H,2-5,8-9,11H2,1H3. The molecule has 4 heteroatoms. The first-order chi connectivity index (χ1) is 8.77. The predicted molar refractivity (Wildman–Crippen MR) is 75.3 cm³/mol. The molecule has 1 aromatic carbocycles. The number of unbranched alkanes of at least 4 members (excludes halogenated alkanes) is 3. The molecule has 3 nitrogen and oxygen atoms in total. The van der Waals surface area contributed by atoms with Crippen LogP contribution in [0.3, 0.4) is 0 Å². The molecule has 0 spiro atoms. The fraction of sp³-hybridized carbons (Fsp3) is 0.571. The normalized spacial score (nSPS) is 10.6. The van der Waals surface area contributed by atoms with Gasteiger partial charge in [0, 0.05) is 13.2 Å². The lowest BCUT2D eigenvalue weighted by Gasteiger charge is -2.07. The smallest absolute Gasteiger partial charge is 0.137 e. The molecule has 0 saturated heterocycles. The summed E-state index contributed by atoms with van der Waals surface area (Å²) in [5.74, 6) is 0.712. The van der Waals surface area contributed by atoms with Gasteiger partial charge in [0.25, 0.3) is 0 Å². The molecule has 0 heterocycles. The molecule has 2 N–H and O–H groups in total. The van der Waals surface area contributed by atoms with Crippen molar-refractivity contribution in [2.45, 2.75) is 32.2 Å². The van der Waals surface area contributed by atoms with Gasteiger partial charge in [0.1, 0.15) is 5.75 Å². The summed E-state index contributed by atoms with van der Waals surface area (Å²) in [5.41, 5.74) is 1.16. The molecule has 0 bridgehead atoms. The number of ether oxygens (including phenoxy) is 1. The number of hydrogen-bond donors (Lipinski definition) is 2. The van der Waals surface area contributed by atoms with Gasteiger partial charge in [0.15, 0.2) is 0 Å². The fourth-order valence-corrected chi connectivity index (χ4v) is 2.05. The first-order valence-electron chi connectivity index (χ1n) is 6.42. The van der Waals surface area contributed by atoms with Gasteiger partial charge in [-0.3, -0.25) is 0 Å². The first kappa shape index (κ1) is 15.3. The molecule has 18 heavy (non-hydrogen) atoms. The van der Waals surface area contributed by atoms with Crippen molar-refractivity contribution in [2.75, 3.05) is 20.3 Å². The van der Waals surface area contributed by atoms with Crippen molar-refractivity contribution in [3.63, 3.8) is 0 Å². The van der Waals surface area contributed by atoms with Crippen molar-refractivity contribution in [2.24, 2.45) is 0 Å². The molecule has 0 atom stereocenters. The van der Waals surface area contributed by atoms with E-state index in [0.29, 0.717) is 17.4 Å². The summed E-state index contributed by atoms with van der Waals surface area (Å²) < 4.78 is 5.11. The third kappa shape index (κ3) is 5.71. The number of hydrogen-bond acceptors (Lipinski definition) is 3. The van der Waals surface area contributed by atoms with Crippen molar-refractivity contribution in [1.29, 1.82) is 0 Å². The van der Waals surface area contributed by atoms with Gasteiger partial charge in [-0.2, -0.15) is 0 Å². The summed E-state index contributed by atoms with van der Waals surface area (Å²) in [5, 5.41) is 12.7. The Labute approximate surface area is 114 Å². The second-order valence-corrected chi connectivity index (χ2v) is 4.69. The Hall–Kier alpha value is -0.770. The first-order valence-corrected chi connectivity index (χ1v) is 6.79. The van der Waals surface area contributed by atoms with E-state index in [1.165, 1.54) is 0 Å². The Bertz CT molecular complexity index is 345. The molecule has 0 aliphatic heterocycles. The number of rotatable bonds is 9. The molecule has 0 aromatic heterocycles. The van der Waals surface area contributed by atoms with Crippen LogP contribution in [-0.4, -0.2) is 25.4 Å². The van der Waals surface area contributed by atoms with E-state index in [1.54, 1.807) is 7.11 Å². The molecular weight excluding hydrogens is 250 g/mol. The molecule has 1 aromatic rings. The van der Waals surface area contributed by atoms with Gasteiger partial charge in [-0.15, -0.1) is 0 Å². The van der Waals surface area contributed by atoms with Crippen LogP contribution in [0.25, 0.3) is 0 Å².